The van der Waals surface area contributed by atoms with E-state index in [1.165, 1.54) is 12.8 Å². The van der Waals surface area contributed by atoms with Crippen LogP contribution in [0.2, 0.25) is 0 Å². The van der Waals surface area contributed by atoms with E-state index >= 15 is 0 Å². The molecule has 0 radical (unpaired) electrons. The van der Waals surface area contributed by atoms with Crippen LogP contribution >= 0.6 is 0 Å². The number of nitrogens with one attached hydrogen (secondary N) is 1. The Morgan fingerprint density at radius 1 is 1.33 bits per heavy atom. The fourth-order valence-electron chi connectivity index (χ4n) is 3.51. The number of hydrogen-bond donors (Lipinski definition) is 2. The second-order valence-corrected chi connectivity index (χ2v) is 7.17. The van der Waals surface area contributed by atoms with Crippen LogP contribution in [-0.2, 0) is 5.60 Å². The summed E-state index contributed by atoms with van der Waals surface area (Å²) < 4.78 is 7.73. The van der Waals surface area contributed by atoms with Crippen LogP contribution in [0.4, 0.5) is 0 Å². The summed E-state index contributed by atoms with van der Waals surface area (Å²) in [6.45, 7) is 9.52. The fourth-order valence-corrected chi connectivity index (χ4v) is 3.51. The number of hydrogen-bond acceptors (Lipinski definition) is 3. The molecule has 5 nitrogen and oxygen atoms in total. The Morgan fingerprint density at radius 3 is 2.54 bits per heavy atom. The van der Waals surface area contributed by atoms with Crippen molar-refractivity contribution >= 4 is 5.91 Å². The molecule has 0 aliphatic heterocycles. The molecule has 2 N–H and O–H groups in total. The molecule has 1 amide bonds. The predicted octanol–water partition coefficient (Wildman–Crippen LogP) is 3.29. The van der Waals surface area contributed by atoms with E-state index in [0.29, 0.717) is 22.9 Å². The lowest BCUT2D eigenvalue weighted by atomic mass is 9.96. The van der Waals surface area contributed by atoms with Crippen LogP contribution in [0.25, 0.3) is 0 Å². The van der Waals surface area contributed by atoms with Crippen LogP contribution in [0.5, 0.6) is 0 Å². The van der Waals surface area contributed by atoms with Gasteiger partial charge >= 0.3 is 0 Å². The molecule has 2 aromatic heterocycles. The number of amides is 1. The van der Waals surface area contributed by atoms with Crippen LogP contribution in [0.1, 0.15) is 64.6 Å². The summed E-state index contributed by atoms with van der Waals surface area (Å²) in [5.41, 5.74) is 2.36. The van der Waals surface area contributed by atoms with Gasteiger partial charge in [0.1, 0.15) is 17.1 Å². The fraction of sp³-hybridized carbons (Fsp3) is 0.526. The molecule has 1 atom stereocenters. The van der Waals surface area contributed by atoms with Gasteiger partial charge in [0.2, 0.25) is 0 Å². The average Bonchev–Trinajstić information content (AvgIpc) is 3.19. The minimum atomic E-state index is -1.17. The normalized spacial score (nSPS) is 16.9. The Bertz CT molecular complexity index is 779. The van der Waals surface area contributed by atoms with Crippen molar-refractivity contribution in [3.63, 3.8) is 0 Å². The molecule has 0 unspecified atom stereocenters. The quantitative estimate of drug-likeness (QED) is 0.884. The zero-order valence-electron chi connectivity index (χ0n) is 15.1. The first-order chi connectivity index (χ1) is 11.2. The Balaban J connectivity index is 1.73. The molecule has 0 spiro atoms. The van der Waals surface area contributed by atoms with E-state index in [2.05, 4.69) is 9.88 Å². The molecule has 1 fully saturated rings. The second kappa shape index (κ2) is 5.81. The third-order valence-corrected chi connectivity index (χ3v) is 4.86. The highest BCUT2D eigenvalue weighted by molar-refractivity contribution is 5.95. The average molecular weight is 330 g/mol. The third-order valence-electron chi connectivity index (χ3n) is 4.86. The summed E-state index contributed by atoms with van der Waals surface area (Å²) in [7, 11) is 0. The van der Waals surface area contributed by atoms with Crippen LogP contribution in [-0.4, -0.2) is 22.1 Å². The lowest BCUT2D eigenvalue weighted by molar-refractivity contribution is 0.0514. The molecule has 3 rings (SSSR count). The molecule has 1 aliphatic carbocycles. The van der Waals surface area contributed by atoms with Gasteiger partial charge in [-0.2, -0.15) is 0 Å². The SMILES string of the molecule is Cc1cc([C@@](C)(O)CNC(=O)c2cc(C)n(C3CC3)c2C)c(C)o1. The molecule has 2 heterocycles. The van der Waals surface area contributed by atoms with E-state index in [1.54, 1.807) is 6.92 Å². The number of aryl methyl sites for hydroxylation is 3. The maximum absolute atomic E-state index is 12.6. The lowest BCUT2D eigenvalue weighted by Gasteiger charge is -2.23. The van der Waals surface area contributed by atoms with Crippen molar-refractivity contribution in [2.24, 2.45) is 0 Å². The second-order valence-electron chi connectivity index (χ2n) is 7.17. The molecule has 5 heteroatoms. The third kappa shape index (κ3) is 3.00. The van der Waals surface area contributed by atoms with Gasteiger partial charge in [0.25, 0.3) is 5.91 Å². The van der Waals surface area contributed by atoms with Crippen molar-refractivity contribution < 1.29 is 14.3 Å². The monoisotopic (exact) mass is 330 g/mol. The molecule has 1 aliphatic rings. The number of carbonyl (C=O) groups is 1. The summed E-state index contributed by atoms with van der Waals surface area (Å²) in [6, 6.07) is 4.30. The van der Waals surface area contributed by atoms with E-state index < -0.39 is 5.60 Å². The van der Waals surface area contributed by atoms with Crippen molar-refractivity contribution in [2.75, 3.05) is 6.54 Å². The number of rotatable bonds is 5. The van der Waals surface area contributed by atoms with E-state index in [4.69, 9.17) is 4.42 Å². The van der Waals surface area contributed by atoms with Crippen LogP contribution < -0.4 is 5.32 Å². The summed E-state index contributed by atoms with van der Waals surface area (Å²) in [6.07, 6.45) is 2.37. The van der Waals surface area contributed by atoms with Crippen LogP contribution in [0, 0.1) is 27.7 Å². The Hall–Kier alpha value is -2.01. The first-order valence-corrected chi connectivity index (χ1v) is 8.47. The van der Waals surface area contributed by atoms with Crippen molar-refractivity contribution in [1.29, 1.82) is 0 Å². The van der Waals surface area contributed by atoms with Gasteiger partial charge in [0, 0.05) is 23.0 Å². The maximum atomic E-state index is 12.6. The highest BCUT2D eigenvalue weighted by Crippen LogP contribution is 2.38. The first kappa shape index (κ1) is 16.8. The first-order valence-electron chi connectivity index (χ1n) is 8.47. The van der Waals surface area contributed by atoms with Gasteiger partial charge in [-0.05, 0) is 59.6 Å². The standard InChI is InChI=1S/C19H26N2O3/c1-11-8-16(13(3)21(11)15-6-7-15)18(22)20-10-19(5,23)17-9-12(2)24-14(17)4/h8-9,15,23H,6-7,10H2,1-5H3,(H,20,22)/t19-/m0/s1. The molecular formula is C19H26N2O3. The Morgan fingerprint density at radius 2 is 2.00 bits per heavy atom. The summed E-state index contributed by atoms with van der Waals surface area (Å²) in [4.78, 5) is 12.6. The van der Waals surface area contributed by atoms with Crippen LogP contribution in [0.15, 0.2) is 16.5 Å². The zero-order chi connectivity index (χ0) is 17.6. The number of aromatic nitrogens is 1. The van der Waals surface area contributed by atoms with Gasteiger partial charge < -0.3 is 19.4 Å². The van der Waals surface area contributed by atoms with E-state index in [9.17, 15) is 9.90 Å². The number of carbonyl (C=O) groups excluding carboxylic acids is 1. The number of aliphatic hydroxyl groups is 1. The number of furan rings is 1. The van der Waals surface area contributed by atoms with Gasteiger partial charge in [0.15, 0.2) is 0 Å². The van der Waals surface area contributed by atoms with Crippen LogP contribution in [0.3, 0.4) is 0 Å². The minimum Gasteiger partial charge on any atom is -0.466 e. The van der Waals surface area contributed by atoms with Gasteiger partial charge in [-0.25, -0.2) is 0 Å². The Labute approximate surface area is 142 Å². The van der Waals surface area contributed by atoms with E-state index in [-0.39, 0.29) is 12.5 Å². The van der Waals surface area contributed by atoms with Gasteiger partial charge in [0.05, 0.1) is 12.1 Å². The molecule has 0 aromatic carbocycles. The molecular weight excluding hydrogens is 304 g/mol. The highest BCUT2D eigenvalue weighted by atomic mass is 16.3. The zero-order valence-corrected chi connectivity index (χ0v) is 15.1. The minimum absolute atomic E-state index is 0.138. The summed E-state index contributed by atoms with van der Waals surface area (Å²) in [5, 5.41) is 13.6. The summed E-state index contributed by atoms with van der Waals surface area (Å²) in [5.74, 6) is 1.29. The van der Waals surface area contributed by atoms with Crippen molar-refractivity contribution in [1.82, 2.24) is 9.88 Å². The molecule has 130 valence electrons. The number of nitrogens with zero attached hydrogens (tertiary/aromatic N) is 1. The van der Waals surface area contributed by atoms with Crippen molar-refractivity contribution in [2.45, 2.75) is 59.1 Å². The van der Waals surface area contributed by atoms with Gasteiger partial charge in [-0.15, -0.1) is 0 Å². The maximum Gasteiger partial charge on any atom is 0.253 e. The lowest BCUT2D eigenvalue weighted by Crippen LogP contribution is -2.38. The smallest absolute Gasteiger partial charge is 0.253 e. The molecule has 0 saturated heterocycles. The highest BCUT2D eigenvalue weighted by Gasteiger charge is 2.31. The van der Waals surface area contributed by atoms with E-state index in [0.717, 1.165) is 17.1 Å². The van der Waals surface area contributed by atoms with Gasteiger partial charge in [-0.1, -0.05) is 0 Å². The van der Waals surface area contributed by atoms with Crippen molar-refractivity contribution in [3.8, 4) is 0 Å². The topological polar surface area (TPSA) is 67.4 Å². The molecule has 24 heavy (non-hydrogen) atoms. The van der Waals surface area contributed by atoms with E-state index in [1.807, 2.05) is 39.8 Å². The van der Waals surface area contributed by atoms with Gasteiger partial charge in [-0.3, -0.25) is 4.79 Å². The summed E-state index contributed by atoms with van der Waals surface area (Å²) >= 11 is 0. The molecule has 1 saturated carbocycles. The Kier molecular flexibility index (Phi) is 4.08. The predicted molar refractivity (Wildman–Crippen MR) is 92.3 cm³/mol. The van der Waals surface area contributed by atoms with Crippen molar-refractivity contribution in [3.05, 3.63) is 46.2 Å². The largest absolute Gasteiger partial charge is 0.466 e. The molecule has 2 aromatic rings. The molecule has 0 bridgehead atoms.